The molecular formula is C13H17N3O2S. The molecule has 102 valence electrons. The summed E-state index contributed by atoms with van der Waals surface area (Å²) in [6.07, 6.45) is 2.75. The molecule has 1 aromatic rings. The van der Waals surface area contributed by atoms with E-state index < -0.39 is 0 Å². The molecule has 0 aromatic carbocycles. The average molecular weight is 279 g/mol. The fourth-order valence-corrected chi connectivity index (χ4v) is 2.46. The summed E-state index contributed by atoms with van der Waals surface area (Å²) in [5.74, 6) is 0.871. The highest BCUT2D eigenvalue weighted by Gasteiger charge is 2.20. The molecule has 2 rings (SSSR count). The van der Waals surface area contributed by atoms with Gasteiger partial charge in [0.2, 0.25) is 5.91 Å². The standard InChI is InChI=1S/C13H17N3O2S/c1-2-19-12-6-3-9(7-15-12)13(18)16-10-4-5-11(17)14-8-10/h3,6-7,10H,2,4-5,8H2,1H3,(H,14,17)(H,16,18). The Morgan fingerprint density at radius 1 is 1.58 bits per heavy atom. The number of hydrogen-bond donors (Lipinski definition) is 2. The van der Waals surface area contributed by atoms with Crippen molar-refractivity contribution in [2.45, 2.75) is 30.8 Å². The van der Waals surface area contributed by atoms with Crippen molar-refractivity contribution >= 4 is 23.6 Å². The maximum absolute atomic E-state index is 12.0. The third-order valence-electron chi connectivity index (χ3n) is 2.89. The monoisotopic (exact) mass is 279 g/mol. The molecule has 2 heterocycles. The SMILES string of the molecule is CCSc1ccc(C(=O)NC2CCC(=O)NC2)cn1. The third kappa shape index (κ3) is 3.96. The Morgan fingerprint density at radius 2 is 2.42 bits per heavy atom. The predicted octanol–water partition coefficient (Wildman–Crippen LogP) is 1.20. The molecule has 0 bridgehead atoms. The smallest absolute Gasteiger partial charge is 0.253 e. The van der Waals surface area contributed by atoms with Crippen LogP contribution in [-0.2, 0) is 4.79 Å². The van der Waals surface area contributed by atoms with Crippen molar-refractivity contribution in [1.82, 2.24) is 15.6 Å². The van der Waals surface area contributed by atoms with Gasteiger partial charge in [-0.05, 0) is 24.3 Å². The summed E-state index contributed by atoms with van der Waals surface area (Å²) in [5, 5.41) is 6.57. The van der Waals surface area contributed by atoms with Crippen molar-refractivity contribution in [3.8, 4) is 0 Å². The van der Waals surface area contributed by atoms with Gasteiger partial charge >= 0.3 is 0 Å². The van der Waals surface area contributed by atoms with Crippen LogP contribution in [-0.4, -0.2) is 35.1 Å². The van der Waals surface area contributed by atoms with E-state index in [1.807, 2.05) is 6.07 Å². The Bertz CT molecular complexity index is 451. The van der Waals surface area contributed by atoms with E-state index in [1.54, 1.807) is 24.0 Å². The number of amides is 2. The Morgan fingerprint density at radius 3 is 3.00 bits per heavy atom. The van der Waals surface area contributed by atoms with Gasteiger partial charge in [0.05, 0.1) is 10.6 Å². The second kappa shape index (κ2) is 6.56. The minimum Gasteiger partial charge on any atom is -0.354 e. The van der Waals surface area contributed by atoms with Crippen LogP contribution in [0.4, 0.5) is 0 Å². The van der Waals surface area contributed by atoms with Gasteiger partial charge in [-0.2, -0.15) is 0 Å². The summed E-state index contributed by atoms with van der Waals surface area (Å²) < 4.78 is 0. The number of nitrogens with one attached hydrogen (secondary N) is 2. The molecule has 0 spiro atoms. The highest BCUT2D eigenvalue weighted by atomic mass is 32.2. The van der Waals surface area contributed by atoms with E-state index in [9.17, 15) is 9.59 Å². The zero-order chi connectivity index (χ0) is 13.7. The van der Waals surface area contributed by atoms with Gasteiger partial charge in [0.15, 0.2) is 0 Å². The van der Waals surface area contributed by atoms with Crippen LogP contribution >= 0.6 is 11.8 Å². The maximum Gasteiger partial charge on any atom is 0.253 e. The zero-order valence-electron chi connectivity index (χ0n) is 10.8. The number of nitrogens with zero attached hydrogens (tertiary/aromatic N) is 1. The second-order valence-electron chi connectivity index (χ2n) is 4.33. The summed E-state index contributed by atoms with van der Waals surface area (Å²) in [4.78, 5) is 27.2. The molecule has 2 amide bonds. The van der Waals surface area contributed by atoms with Crippen molar-refractivity contribution in [3.63, 3.8) is 0 Å². The van der Waals surface area contributed by atoms with Gasteiger partial charge in [-0.25, -0.2) is 4.98 Å². The Labute approximate surface area is 116 Å². The molecule has 5 nitrogen and oxygen atoms in total. The van der Waals surface area contributed by atoms with Gasteiger partial charge < -0.3 is 10.6 Å². The maximum atomic E-state index is 12.0. The van der Waals surface area contributed by atoms with Crippen LogP contribution in [0.1, 0.15) is 30.1 Å². The molecule has 1 aromatic heterocycles. The molecule has 19 heavy (non-hydrogen) atoms. The minimum atomic E-state index is -0.137. The first-order valence-electron chi connectivity index (χ1n) is 6.35. The van der Waals surface area contributed by atoms with E-state index in [1.165, 1.54) is 0 Å². The molecule has 1 aliphatic rings. The molecule has 2 N–H and O–H groups in total. The molecule has 0 saturated carbocycles. The van der Waals surface area contributed by atoms with E-state index in [0.717, 1.165) is 10.8 Å². The van der Waals surface area contributed by atoms with Gasteiger partial charge in [-0.15, -0.1) is 11.8 Å². The number of carbonyl (C=O) groups excluding carboxylic acids is 2. The fourth-order valence-electron chi connectivity index (χ4n) is 1.87. The number of thioether (sulfide) groups is 1. The number of hydrogen-bond acceptors (Lipinski definition) is 4. The first-order chi connectivity index (χ1) is 9.19. The van der Waals surface area contributed by atoms with Gasteiger partial charge in [-0.1, -0.05) is 6.92 Å². The topological polar surface area (TPSA) is 71.1 Å². The third-order valence-corrected chi connectivity index (χ3v) is 3.72. The largest absolute Gasteiger partial charge is 0.354 e. The van der Waals surface area contributed by atoms with E-state index in [4.69, 9.17) is 0 Å². The van der Waals surface area contributed by atoms with Crippen molar-refractivity contribution in [2.75, 3.05) is 12.3 Å². The van der Waals surface area contributed by atoms with Crippen LogP contribution in [0.2, 0.25) is 0 Å². The van der Waals surface area contributed by atoms with Crippen LogP contribution in [0, 0.1) is 0 Å². The Hall–Kier alpha value is -1.56. The molecule has 1 atom stereocenters. The van der Waals surface area contributed by atoms with E-state index in [2.05, 4.69) is 22.5 Å². The summed E-state index contributed by atoms with van der Waals surface area (Å²) in [6, 6.07) is 3.64. The number of piperidine rings is 1. The zero-order valence-corrected chi connectivity index (χ0v) is 11.6. The Kier molecular flexibility index (Phi) is 4.79. The van der Waals surface area contributed by atoms with Crippen LogP contribution in [0.3, 0.4) is 0 Å². The summed E-state index contributed by atoms with van der Waals surface area (Å²) in [6.45, 7) is 2.56. The van der Waals surface area contributed by atoms with Crippen molar-refractivity contribution in [3.05, 3.63) is 23.9 Å². The highest BCUT2D eigenvalue weighted by Crippen LogP contribution is 2.14. The lowest BCUT2D eigenvalue weighted by molar-refractivity contribution is -0.122. The quantitative estimate of drug-likeness (QED) is 0.813. The van der Waals surface area contributed by atoms with Crippen LogP contribution < -0.4 is 10.6 Å². The molecule has 1 unspecified atom stereocenters. The number of carbonyl (C=O) groups is 2. The van der Waals surface area contributed by atoms with Crippen molar-refractivity contribution < 1.29 is 9.59 Å². The van der Waals surface area contributed by atoms with Crippen LogP contribution in [0.5, 0.6) is 0 Å². The summed E-state index contributed by atoms with van der Waals surface area (Å²) in [5.41, 5.74) is 0.553. The molecule has 1 saturated heterocycles. The molecule has 6 heteroatoms. The van der Waals surface area contributed by atoms with E-state index in [-0.39, 0.29) is 17.9 Å². The number of rotatable bonds is 4. The van der Waals surface area contributed by atoms with Gasteiger partial charge in [0.25, 0.3) is 5.91 Å². The molecular weight excluding hydrogens is 262 g/mol. The van der Waals surface area contributed by atoms with Gasteiger partial charge in [-0.3, -0.25) is 9.59 Å². The lowest BCUT2D eigenvalue weighted by atomic mass is 10.1. The highest BCUT2D eigenvalue weighted by molar-refractivity contribution is 7.99. The molecule has 0 radical (unpaired) electrons. The molecule has 1 aliphatic heterocycles. The second-order valence-corrected chi connectivity index (χ2v) is 5.62. The normalized spacial score (nSPS) is 18.8. The lowest BCUT2D eigenvalue weighted by Crippen LogP contribution is -2.47. The first-order valence-corrected chi connectivity index (χ1v) is 7.34. The average Bonchev–Trinajstić information content (AvgIpc) is 2.42. The van der Waals surface area contributed by atoms with E-state index in [0.29, 0.717) is 24.9 Å². The summed E-state index contributed by atoms with van der Waals surface area (Å²) >= 11 is 1.64. The Balaban J connectivity index is 1.90. The van der Waals surface area contributed by atoms with Crippen molar-refractivity contribution in [1.29, 1.82) is 0 Å². The van der Waals surface area contributed by atoms with Gasteiger partial charge in [0, 0.05) is 25.2 Å². The minimum absolute atomic E-state index is 0.00916. The first kappa shape index (κ1) is 13.9. The fraction of sp³-hybridized carbons (Fsp3) is 0.462. The lowest BCUT2D eigenvalue weighted by Gasteiger charge is -2.23. The van der Waals surface area contributed by atoms with Crippen LogP contribution in [0.15, 0.2) is 23.4 Å². The predicted molar refractivity (Wildman–Crippen MR) is 74.1 cm³/mol. The van der Waals surface area contributed by atoms with Crippen LogP contribution in [0.25, 0.3) is 0 Å². The summed E-state index contributed by atoms with van der Waals surface area (Å²) in [7, 11) is 0. The number of aromatic nitrogens is 1. The van der Waals surface area contributed by atoms with E-state index >= 15 is 0 Å². The molecule has 1 fully saturated rings. The van der Waals surface area contributed by atoms with Gasteiger partial charge in [0.1, 0.15) is 0 Å². The molecule has 0 aliphatic carbocycles. The van der Waals surface area contributed by atoms with Crippen molar-refractivity contribution in [2.24, 2.45) is 0 Å². The number of pyridine rings is 1.